The summed E-state index contributed by atoms with van der Waals surface area (Å²) in [5.41, 5.74) is 0.697. The fraction of sp³-hybridized carbons (Fsp3) is 0.222. The van der Waals surface area contributed by atoms with Gasteiger partial charge in [0, 0.05) is 12.9 Å². The fourth-order valence-electron chi connectivity index (χ4n) is 0.961. The lowest BCUT2D eigenvalue weighted by Gasteiger charge is -2.02. The smallest absolute Gasteiger partial charge is 0.253 e. The van der Waals surface area contributed by atoms with Gasteiger partial charge in [0.05, 0.1) is 5.56 Å². The van der Waals surface area contributed by atoms with Gasteiger partial charge in [0.2, 0.25) is 0 Å². The largest absolute Gasteiger partial charge is 0.355 e. The van der Waals surface area contributed by atoms with Crippen LogP contribution in [0.4, 0.5) is 4.39 Å². The first-order valence-corrected chi connectivity index (χ1v) is 4.29. The molecule has 0 heterocycles. The van der Waals surface area contributed by atoms with E-state index in [0.717, 1.165) is 0 Å². The molecule has 0 aromatic heterocycles. The Morgan fingerprint density at radius 2 is 2.31 bits per heavy atom. The predicted octanol–water partition coefficient (Wildman–Crippen LogP) is 1.92. The molecule has 1 aromatic carbocycles. The van der Waals surface area contributed by atoms with Crippen LogP contribution in [0.15, 0.2) is 18.2 Å². The summed E-state index contributed by atoms with van der Waals surface area (Å²) in [4.78, 5) is 11.0. The normalized spacial score (nSPS) is 9.77. The van der Waals surface area contributed by atoms with Crippen molar-refractivity contribution < 1.29 is 9.18 Å². The molecule has 1 N–H and O–H groups in total. The Kier molecular flexibility index (Phi) is 3.25. The summed E-state index contributed by atoms with van der Waals surface area (Å²) < 4.78 is 13.2. The first kappa shape index (κ1) is 9.99. The second-order valence-electron chi connectivity index (χ2n) is 2.53. The van der Waals surface area contributed by atoms with Crippen molar-refractivity contribution in [3.05, 3.63) is 35.1 Å². The van der Waals surface area contributed by atoms with E-state index in [2.05, 4.69) is 5.32 Å². The van der Waals surface area contributed by atoms with Gasteiger partial charge in [0.25, 0.3) is 5.91 Å². The van der Waals surface area contributed by atoms with Crippen molar-refractivity contribution in [3.8, 4) is 0 Å². The zero-order chi connectivity index (χ0) is 9.84. The van der Waals surface area contributed by atoms with Crippen LogP contribution in [0, 0.1) is 5.82 Å². The maximum Gasteiger partial charge on any atom is 0.253 e. The van der Waals surface area contributed by atoms with Gasteiger partial charge in [-0.05, 0) is 17.7 Å². The Bertz CT molecular complexity index is 327. The van der Waals surface area contributed by atoms with Crippen LogP contribution in [0.5, 0.6) is 0 Å². The molecule has 0 fully saturated rings. The van der Waals surface area contributed by atoms with E-state index in [1.807, 2.05) is 0 Å². The van der Waals surface area contributed by atoms with E-state index in [-0.39, 0.29) is 11.4 Å². The summed E-state index contributed by atoms with van der Waals surface area (Å²) >= 11 is 5.50. The van der Waals surface area contributed by atoms with Crippen LogP contribution < -0.4 is 5.32 Å². The third-order valence-corrected chi connectivity index (χ3v) is 1.97. The van der Waals surface area contributed by atoms with Gasteiger partial charge < -0.3 is 5.32 Å². The second-order valence-corrected chi connectivity index (χ2v) is 2.79. The summed E-state index contributed by atoms with van der Waals surface area (Å²) in [7, 11) is 1.46. The van der Waals surface area contributed by atoms with E-state index >= 15 is 0 Å². The van der Waals surface area contributed by atoms with Crippen LogP contribution in [0.25, 0.3) is 0 Å². The molecule has 0 spiro atoms. The van der Waals surface area contributed by atoms with E-state index in [4.69, 9.17) is 11.6 Å². The summed E-state index contributed by atoms with van der Waals surface area (Å²) in [5, 5.41) is 2.35. The van der Waals surface area contributed by atoms with E-state index in [1.54, 1.807) is 6.07 Å². The number of halogens is 2. The summed E-state index contributed by atoms with van der Waals surface area (Å²) in [6.07, 6.45) is 0. The number of rotatable bonds is 2. The maximum absolute atomic E-state index is 13.2. The van der Waals surface area contributed by atoms with Gasteiger partial charge in [-0.3, -0.25) is 4.79 Å². The van der Waals surface area contributed by atoms with Crippen molar-refractivity contribution in [3.63, 3.8) is 0 Å². The van der Waals surface area contributed by atoms with Gasteiger partial charge in [-0.2, -0.15) is 0 Å². The van der Waals surface area contributed by atoms with Crippen molar-refractivity contribution >= 4 is 17.5 Å². The Labute approximate surface area is 80.7 Å². The van der Waals surface area contributed by atoms with Crippen molar-refractivity contribution in [2.24, 2.45) is 0 Å². The van der Waals surface area contributed by atoms with Gasteiger partial charge in [-0.15, -0.1) is 11.6 Å². The Hall–Kier alpha value is -1.09. The Morgan fingerprint density at radius 3 is 2.77 bits per heavy atom. The quantitative estimate of drug-likeness (QED) is 0.728. The minimum Gasteiger partial charge on any atom is -0.355 e. The number of nitrogens with one attached hydrogen (secondary N) is 1. The highest BCUT2D eigenvalue weighted by Gasteiger charge is 2.09. The van der Waals surface area contributed by atoms with E-state index in [9.17, 15) is 9.18 Å². The minimum absolute atomic E-state index is 0.0383. The lowest BCUT2D eigenvalue weighted by molar-refractivity contribution is 0.0959. The highest BCUT2D eigenvalue weighted by Crippen LogP contribution is 2.11. The summed E-state index contributed by atoms with van der Waals surface area (Å²) in [6, 6.07) is 4.31. The first-order valence-electron chi connectivity index (χ1n) is 3.75. The third-order valence-electron chi connectivity index (χ3n) is 1.66. The van der Waals surface area contributed by atoms with Crippen LogP contribution >= 0.6 is 11.6 Å². The molecule has 0 unspecified atom stereocenters. The lowest BCUT2D eigenvalue weighted by atomic mass is 10.1. The number of carbonyl (C=O) groups excluding carboxylic acids is 1. The molecule has 0 atom stereocenters. The zero-order valence-corrected chi connectivity index (χ0v) is 7.86. The molecule has 4 heteroatoms. The molecular formula is C9H9ClFNO. The van der Waals surface area contributed by atoms with Gasteiger partial charge in [-0.25, -0.2) is 4.39 Å². The van der Waals surface area contributed by atoms with Crippen LogP contribution in [-0.4, -0.2) is 13.0 Å². The number of hydrogen-bond donors (Lipinski definition) is 1. The Balaban J connectivity index is 3.05. The maximum atomic E-state index is 13.2. The number of alkyl halides is 1. The molecule has 0 aliphatic carbocycles. The van der Waals surface area contributed by atoms with Crippen molar-refractivity contribution in [2.75, 3.05) is 7.05 Å². The van der Waals surface area contributed by atoms with E-state index in [0.29, 0.717) is 5.56 Å². The van der Waals surface area contributed by atoms with Crippen LogP contribution in [0.3, 0.4) is 0 Å². The standard InChI is InChI=1S/C9H9ClFNO/c1-12-9(13)7-3-2-6(5-10)4-8(7)11/h2-4H,5H2,1H3,(H,12,13). The predicted molar refractivity (Wildman–Crippen MR) is 49.3 cm³/mol. The first-order chi connectivity index (χ1) is 6.19. The van der Waals surface area contributed by atoms with Gasteiger partial charge in [-0.1, -0.05) is 6.07 Å². The number of carbonyl (C=O) groups is 1. The molecule has 0 saturated carbocycles. The van der Waals surface area contributed by atoms with Crippen LogP contribution in [0.1, 0.15) is 15.9 Å². The molecule has 0 radical (unpaired) electrons. The zero-order valence-electron chi connectivity index (χ0n) is 7.10. The third kappa shape index (κ3) is 2.18. The highest BCUT2D eigenvalue weighted by atomic mass is 35.5. The van der Waals surface area contributed by atoms with E-state index in [1.165, 1.54) is 19.2 Å². The number of benzene rings is 1. The molecule has 0 aliphatic rings. The molecule has 0 aliphatic heterocycles. The average molecular weight is 202 g/mol. The molecule has 1 rings (SSSR count). The monoisotopic (exact) mass is 201 g/mol. The number of hydrogen-bond acceptors (Lipinski definition) is 1. The SMILES string of the molecule is CNC(=O)c1ccc(CCl)cc1F. The van der Waals surface area contributed by atoms with Crippen LogP contribution in [-0.2, 0) is 5.88 Å². The van der Waals surface area contributed by atoms with E-state index < -0.39 is 11.7 Å². The molecular weight excluding hydrogens is 193 g/mol. The molecule has 1 aromatic rings. The lowest BCUT2D eigenvalue weighted by Crippen LogP contribution is -2.19. The van der Waals surface area contributed by atoms with Gasteiger partial charge >= 0.3 is 0 Å². The van der Waals surface area contributed by atoms with Crippen molar-refractivity contribution in [1.29, 1.82) is 0 Å². The second kappa shape index (κ2) is 4.23. The van der Waals surface area contributed by atoms with Crippen molar-refractivity contribution in [1.82, 2.24) is 5.32 Å². The molecule has 2 nitrogen and oxygen atoms in total. The van der Waals surface area contributed by atoms with Crippen LogP contribution in [0.2, 0.25) is 0 Å². The molecule has 70 valence electrons. The molecule has 0 saturated heterocycles. The Morgan fingerprint density at radius 1 is 1.62 bits per heavy atom. The molecule has 13 heavy (non-hydrogen) atoms. The van der Waals surface area contributed by atoms with Gasteiger partial charge in [0.15, 0.2) is 0 Å². The fourth-order valence-corrected chi connectivity index (χ4v) is 1.13. The van der Waals surface area contributed by atoms with Gasteiger partial charge in [0.1, 0.15) is 5.82 Å². The van der Waals surface area contributed by atoms with Crippen molar-refractivity contribution in [2.45, 2.75) is 5.88 Å². The minimum atomic E-state index is -0.544. The number of amides is 1. The topological polar surface area (TPSA) is 29.1 Å². The summed E-state index contributed by atoms with van der Waals surface area (Å²) in [6.45, 7) is 0. The average Bonchev–Trinajstić information content (AvgIpc) is 2.16. The molecule has 1 amide bonds. The highest BCUT2D eigenvalue weighted by molar-refractivity contribution is 6.17. The summed E-state index contributed by atoms with van der Waals surface area (Å²) in [5.74, 6) is -0.735. The molecule has 0 bridgehead atoms.